The highest BCUT2D eigenvalue weighted by Crippen LogP contribution is 2.31. The molecular formula is C11H17Cl2NS. The van der Waals surface area contributed by atoms with Gasteiger partial charge in [-0.05, 0) is 25.1 Å². The maximum absolute atomic E-state index is 5.93. The number of hydrogen-bond donors (Lipinski definition) is 1. The van der Waals surface area contributed by atoms with Crippen molar-refractivity contribution in [2.24, 2.45) is 0 Å². The van der Waals surface area contributed by atoms with Crippen LogP contribution >= 0.6 is 34.5 Å². The van der Waals surface area contributed by atoms with Crippen molar-refractivity contribution in [1.29, 1.82) is 0 Å². The maximum Gasteiger partial charge on any atom is 0.0931 e. The van der Waals surface area contributed by atoms with Gasteiger partial charge < -0.3 is 5.32 Å². The summed E-state index contributed by atoms with van der Waals surface area (Å²) in [6, 6.07) is 4.07. The number of thiophene rings is 1. The van der Waals surface area contributed by atoms with Gasteiger partial charge in [-0.3, -0.25) is 0 Å². The van der Waals surface area contributed by atoms with Crippen molar-refractivity contribution in [3.8, 4) is 0 Å². The van der Waals surface area contributed by atoms with Gasteiger partial charge in [0.1, 0.15) is 0 Å². The third-order valence-electron chi connectivity index (χ3n) is 2.29. The van der Waals surface area contributed by atoms with E-state index in [1.807, 2.05) is 6.07 Å². The summed E-state index contributed by atoms with van der Waals surface area (Å²) in [4.78, 5) is 1.32. The number of hydrogen-bond acceptors (Lipinski definition) is 2. The summed E-state index contributed by atoms with van der Waals surface area (Å²) in [6.07, 6.45) is 1.02. The molecular weight excluding hydrogens is 249 g/mol. The Hall–Kier alpha value is 0.240. The molecule has 1 N–H and O–H groups in total. The van der Waals surface area contributed by atoms with E-state index in [0.29, 0.717) is 0 Å². The highest BCUT2D eigenvalue weighted by molar-refractivity contribution is 7.16. The molecule has 0 aliphatic rings. The van der Waals surface area contributed by atoms with Crippen LogP contribution in [-0.4, -0.2) is 19.0 Å². The van der Waals surface area contributed by atoms with Gasteiger partial charge in [-0.15, -0.1) is 22.9 Å². The minimum Gasteiger partial charge on any atom is -0.316 e. The van der Waals surface area contributed by atoms with Gasteiger partial charge in [-0.25, -0.2) is 0 Å². The van der Waals surface area contributed by atoms with Gasteiger partial charge in [-0.1, -0.05) is 25.4 Å². The van der Waals surface area contributed by atoms with Crippen molar-refractivity contribution < 1.29 is 0 Å². The smallest absolute Gasteiger partial charge is 0.0931 e. The molecule has 0 unspecified atom stereocenters. The number of nitrogens with one attached hydrogen (secondary N) is 1. The van der Waals surface area contributed by atoms with E-state index < -0.39 is 0 Å². The van der Waals surface area contributed by atoms with Gasteiger partial charge in [0.05, 0.1) is 4.34 Å². The molecule has 1 heterocycles. The monoisotopic (exact) mass is 265 g/mol. The molecule has 4 heteroatoms. The molecule has 1 aromatic rings. The first-order valence-corrected chi connectivity index (χ1v) is 6.81. The third kappa shape index (κ3) is 4.31. The lowest BCUT2D eigenvalue weighted by Gasteiger charge is -2.23. The lowest BCUT2D eigenvalue weighted by molar-refractivity contribution is 0.478. The summed E-state index contributed by atoms with van der Waals surface area (Å²) in [7, 11) is 0. The van der Waals surface area contributed by atoms with Crippen LogP contribution in [0.5, 0.6) is 0 Å². The van der Waals surface area contributed by atoms with Crippen LogP contribution in [0.3, 0.4) is 0 Å². The molecule has 0 saturated carbocycles. The summed E-state index contributed by atoms with van der Waals surface area (Å²) >= 11 is 13.2. The zero-order chi connectivity index (χ0) is 11.3. The molecule has 0 saturated heterocycles. The molecule has 0 aliphatic carbocycles. The SMILES string of the molecule is CC(C)(CNCCCCl)c1ccc(Cl)s1. The molecule has 0 atom stereocenters. The zero-order valence-corrected chi connectivity index (χ0v) is 11.5. The second kappa shape index (κ2) is 6.09. The standard InChI is InChI=1S/C11H17Cl2NS/c1-11(2,8-14-7-3-6-12)9-4-5-10(13)15-9/h4-5,14H,3,6-8H2,1-2H3. The minimum atomic E-state index is 0.143. The molecule has 0 aromatic carbocycles. The molecule has 0 radical (unpaired) electrons. The van der Waals surface area contributed by atoms with Crippen LogP contribution in [-0.2, 0) is 5.41 Å². The van der Waals surface area contributed by atoms with Crippen LogP contribution in [0.25, 0.3) is 0 Å². The molecule has 0 aliphatic heterocycles. The Morgan fingerprint density at radius 3 is 2.67 bits per heavy atom. The number of rotatable bonds is 6. The lowest BCUT2D eigenvalue weighted by Crippen LogP contribution is -2.32. The van der Waals surface area contributed by atoms with Crippen LogP contribution in [0.2, 0.25) is 4.34 Å². The van der Waals surface area contributed by atoms with Crippen molar-refractivity contribution in [1.82, 2.24) is 5.32 Å². The van der Waals surface area contributed by atoms with Crippen LogP contribution < -0.4 is 5.32 Å². The van der Waals surface area contributed by atoms with E-state index in [1.54, 1.807) is 11.3 Å². The van der Waals surface area contributed by atoms with Gasteiger partial charge in [0.25, 0.3) is 0 Å². The number of halogens is 2. The molecule has 0 fully saturated rings. The van der Waals surface area contributed by atoms with Crippen LogP contribution in [0, 0.1) is 0 Å². The minimum absolute atomic E-state index is 0.143. The van der Waals surface area contributed by atoms with Crippen molar-refractivity contribution in [3.63, 3.8) is 0 Å². The highest BCUT2D eigenvalue weighted by Gasteiger charge is 2.21. The first kappa shape index (κ1) is 13.3. The summed E-state index contributed by atoms with van der Waals surface area (Å²) in [5, 5.41) is 3.41. The number of alkyl halides is 1. The van der Waals surface area contributed by atoms with Gasteiger partial charge in [0.2, 0.25) is 0 Å². The third-order valence-corrected chi connectivity index (χ3v) is 4.16. The van der Waals surface area contributed by atoms with E-state index in [0.717, 1.165) is 29.7 Å². The Kier molecular flexibility index (Phi) is 5.41. The Morgan fingerprint density at radius 2 is 2.13 bits per heavy atom. The fraction of sp³-hybridized carbons (Fsp3) is 0.636. The van der Waals surface area contributed by atoms with E-state index in [4.69, 9.17) is 23.2 Å². The van der Waals surface area contributed by atoms with E-state index >= 15 is 0 Å². The zero-order valence-electron chi connectivity index (χ0n) is 9.15. The Labute approximate surface area is 106 Å². The van der Waals surface area contributed by atoms with E-state index in [-0.39, 0.29) is 5.41 Å². The average molecular weight is 266 g/mol. The normalized spacial score (nSPS) is 12.0. The summed E-state index contributed by atoms with van der Waals surface area (Å²) in [6.45, 7) is 6.39. The van der Waals surface area contributed by atoms with Gasteiger partial charge in [0, 0.05) is 22.7 Å². The fourth-order valence-corrected chi connectivity index (χ4v) is 2.63. The molecule has 86 valence electrons. The van der Waals surface area contributed by atoms with Crippen molar-refractivity contribution >= 4 is 34.5 Å². The molecule has 0 bridgehead atoms. The topological polar surface area (TPSA) is 12.0 Å². The Bertz CT molecular complexity index is 297. The van der Waals surface area contributed by atoms with Gasteiger partial charge in [-0.2, -0.15) is 0 Å². The summed E-state index contributed by atoms with van der Waals surface area (Å²) < 4.78 is 0.860. The van der Waals surface area contributed by atoms with Crippen LogP contribution in [0.1, 0.15) is 25.1 Å². The predicted molar refractivity (Wildman–Crippen MR) is 70.6 cm³/mol. The quantitative estimate of drug-likeness (QED) is 0.608. The summed E-state index contributed by atoms with van der Waals surface area (Å²) in [5.41, 5.74) is 0.143. The summed E-state index contributed by atoms with van der Waals surface area (Å²) in [5.74, 6) is 0.720. The fourth-order valence-electron chi connectivity index (χ4n) is 1.36. The molecule has 0 amide bonds. The van der Waals surface area contributed by atoms with E-state index in [9.17, 15) is 0 Å². The molecule has 15 heavy (non-hydrogen) atoms. The Morgan fingerprint density at radius 1 is 1.40 bits per heavy atom. The van der Waals surface area contributed by atoms with Crippen molar-refractivity contribution in [3.05, 3.63) is 21.3 Å². The lowest BCUT2D eigenvalue weighted by atomic mass is 9.91. The van der Waals surface area contributed by atoms with E-state index in [1.165, 1.54) is 4.88 Å². The van der Waals surface area contributed by atoms with Crippen molar-refractivity contribution in [2.75, 3.05) is 19.0 Å². The largest absolute Gasteiger partial charge is 0.316 e. The van der Waals surface area contributed by atoms with E-state index in [2.05, 4.69) is 25.2 Å². The average Bonchev–Trinajstić information content (AvgIpc) is 2.60. The molecule has 1 aromatic heterocycles. The Balaban J connectivity index is 2.44. The maximum atomic E-state index is 5.93. The predicted octanol–water partition coefficient (Wildman–Crippen LogP) is 3.90. The molecule has 1 rings (SSSR count). The first-order chi connectivity index (χ1) is 7.06. The van der Waals surface area contributed by atoms with Gasteiger partial charge >= 0.3 is 0 Å². The van der Waals surface area contributed by atoms with Crippen LogP contribution in [0.4, 0.5) is 0 Å². The first-order valence-electron chi connectivity index (χ1n) is 5.09. The van der Waals surface area contributed by atoms with Gasteiger partial charge in [0.15, 0.2) is 0 Å². The second-order valence-electron chi connectivity index (χ2n) is 4.21. The highest BCUT2D eigenvalue weighted by atomic mass is 35.5. The second-order valence-corrected chi connectivity index (χ2v) is 6.30. The van der Waals surface area contributed by atoms with Crippen LogP contribution in [0.15, 0.2) is 12.1 Å². The molecule has 0 spiro atoms. The molecule has 1 nitrogen and oxygen atoms in total. The van der Waals surface area contributed by atoms with Crippen molar-refractivity contribution in [2.45, 2.75) is 25.7 Å².